The highest BCUT2D eigenvalue weighted by atomic mass is 16.2. The smallest absolute Gasteiger partial charge is 0.314 e. The van der Waals surface area contributed by atoms with Gasteiger partial charge < -0.3 is 25.8 Å². The molecule has 1 atom stereocenters. The zero-order chi connectivity index (χ0) is 23.6. The third kappa shape index (κ3) is 7.32. The zero-order valence-corrected chi connectivity index (χ0v) is 19.6. The van der Waals surface area contributed by atoms with Crippen LogP contribution in [-0.2, 0) is 4.79 Å². The van der Waals surface area contributed by atoms with E-state index in [2.05, 4.69) is 56.3 Å². The van der Waals surface area contributed by atoms with E-state index in [0.717, 1.165) is 36.3 Å². The van der Waals surface area contributed by atoms with E-state index in [9.17, 15) is 9.59 Å². The van der Waals surface area contributed by atoms with E-state index in [1.807, 2.05) is 37.3 Å². The highest BCUT2D eigenvalue weighted by Gasteiger charge is 2.18. The average Bonchev–Trinajstić information content (AvgIpc) is 3.31. The number of H-pyrrole nitrogens is 1. The van der Waals surface area contributed by atoms with Crippen LogP contribution in [0.15, 0.2) is 48.7 Å². The fraction of sp³-hybridized carbons (Fsp3) is 0.400. The number of aromatic amines is 1. The van der Waals surface area contributed by atoms with Crippen LogP contribution >= 0.6 is 0 Å². The van der Waals surface area contributed by atoms with Crippen LogP contribution in [0.5, 0.6) is 0 Å². The molecule has 33 heavy (non-hydrogen) atoms. The number of amides is 3. The largest absolute Gasteiger partial charge is 0.346 e. The molecule has 8 heteroatoms. The van der Waals surface area contributed by atoms with Gasteiger partial charge in [-0.25, -0.2) is 9.78 Å². The lowest BCUT2D eigenvalue weighted by Crippen LogP contribution is -2.33. The number of rotatable bonds is 11. The van der Waals surface area contributed by atoms with Gasteiger partial charge in [0.25, 0.3) is 0 Å². The molecule has 0 aliphatic rings. The summed E-state index contributed by atoms with van der Waals surface area (Å²) in [4.78, 5) is 33.9. The zero-order valence-electron chi connectivity index (χ0n) is 19.6. The molecule has 2 aromatic carbocycles. The highest BCUT2D eigenvalue weighted by Crippen LogP contribution is 2.25. The van der Waals surface area contributed by atoms with Crippen LogP contribution in [0.2, 0.25) is 0 Å². The Hall–Kier alpha value is -3.39. The molecule has 0 spiro atoms. The Labute approximate surface area is 195 Å². The van der Waals surface area contributed by atoms with Crippen molar-refractivity contribution in [3.8, 4) is 11.3 Å². The van der Waals surface area contributed by atoms with E-state index in [0.29, 0.717) is 19.5 Å². The predicted octanol–water partition coefficient (Wildman–Crippen LogP) is 3.44. The summed E-state index contributed by atoms with van der Waals surface area (Å²) >= 11 is 0. The van der Waals surface area contributed by atoms with Gasteiger partial charge in [0.15, 0.2) is 0 Å². The van der Waals surface area contributed by atoms with E-state index in [1.165, 1.54) is 10.8 Å². The van der Waals surface area contributed by atoms with Gasteiger partial charge in [0, 0.05) is 32.1 Å². The molecule has 0 radical (unpaired) electrons. The second-order valence-corrected chi connectivity index (χ2v) is 8.42. The Morgan fingerprint density at radius 2 is 1.88 bits per heavy atom. The maximum absolute atomic E-state index is 12.5. The van der Waals surface area contributed by atoms with Gasteiger partial charge in [-0.3, -0.25) is 4.79 Å². The van der Waals surface area contributed by atoms with Crippen LogP contribution in [0.4, 0.5) is 4.79 Å². The van der Waals surface area contributed by atoms with Crippen molar-refractivity contribution < 1.29 is 9.59 Å². The molecule has 0 saturated carbocycles. The first-order chi connectivity index (χ1) is 16.0. The molecule has 1 aromatic heterocycles. The molecular weight excluding hydrogens is 416 g/mol. The first-order valence-corrected chi connectivity index (χ1v) is 11.4. The number of imidazole rings is 1. The maximum Gasteiger partial charge on any atom is 0.314 e. The van der Waals surface area contributed by atoms with Gasteiger partial charge in [0.1, 0.15) is 5.82 Å². The number of benzene rings is 2. The maximum atomic E-state index is 12.5. The third-order valence-electron chi connectivity index (χ3n) is 5.54. The molecule has 3 aromatic rings. The molecule has 176 valence electrons. The van der Waals surface area contributed by atoms with Crippen LogP contribution in [-0.4, -0.2) is 61.0 Å². The standard InChI is InChI=1S/C25H34N6O2/c1-26-25(33)27-14-7-6-10-21(29-23(32)13-15-31(2)3)24-28-17-22(30-24)20-12-11-18-8-4-5-9-19(18)16-20/h4-5,8-9,11-12,16-17,21H,6-7,10,13-15H2,1-3H3,(H,28,30)(H,29,32)(H2,26,27,33)/t21-/m0/s1. The first kappa shape index (κ1) is 24.3. The summed E-state index contributed by atoms with van der Waals surface area (Å²) in [5.74, 6) is 0.747. The molecule has 0 aliphatic carbocycles. The predicted molar refractivity (Wildman–Crippen MR) is 132 cm³/mol. The van der Waals surface area contributed by atoms with Crippen LogP contribution in [0.1, 0.15) is 37.5 Å². The summed E-state index contributed by atoms with van der Waals surface area (Å²) in [5.41, 5.74) is 1.98. The summed E-state index contributed by atoms with van der Waals surface area (Å²) in [5, 5.41) is 10.8. The molecule has 1 heterocycles. The number of hydrogen-bond donors (Lipinski definition) is 4. The highest BCUT2D eigenvalue weighted by molar-refractivity contribution is 5.86. The lowest BCUT2D eigenvalue weighted by molar-refractivity contribution is -0.122. The van der Waals surface area contributed by atoms with Crippen molar-refractivity contribution in [3.63, 3.8) is 0 Å². The Kier molecular flexibility index (Phi) is 8.83. The van der Waals surface area contributed by atoms with E-state index < -0.39 is 0 Å². The van der Waals surface area contributed by atoms with Gasteiger partial charge >= 0.3 is 6.03 Å². The molecule has 8 nitrogen and oxygen atoms in total. The summed E-state index contributed by atoms with van der Waals surface area (Å²) in [7, 11) is 5.50. The molecule has 3 rings (SSSR count). The van der Waals surface area contributed by atoms with E-state index in [-0.39, 0.29) is 18.0 Å². The normalized spacial score (nSPS) is 12.0. The van der Waals surface area contributed by atoms with Gasteiger partial charge in [-0.1, -0.05) is 36.4 Å². The third-order valence-corrected chi connectivity index (χ3v) is 5.54. The van der Waals surface area contributed by atoms with Gasteiger partial charge in [-0.15, -0.1) is 0 Å². The number of fused-ring (bicyclic) bond motifs is 1. The van der Waals surface area contributed by atoms with E-state index >= 15 is 0 Å². The van der Waals surface area contributed by atoms with Crippen molar-refractivity contribution in [3.05, 3.63) is 54.5 Å². The Morgan fingerprint density at radius 3 is 2.64 bits per heavy atom. The fourth-order valence-corrected chi connectivity index (χ4v) is 3.65. The van der Waals surface area contributed by atoms with Crippen LogP contribution in [0.3, 0.4) is 0 Å². The molecule has 0 bridgehead atoms. The monoisotopic (exact) mass is 450 g/mol. The lowest BCUT2D eigenvalue weighted by atomic mass is 10.1. The SMILES string of the molecule is CNC(=O)NCCCC[C@H](NC(=O)CCN(C)C)c1ncc(-c2ccc3ccccc3c2)[nH]1. The lowest BCUT2D eigenvalue weighted by Gasteiger charge is -2.18. The number of nitrogens with zero attached hydrogens (tertiary/aromatic N) is 2. The summed E-state index contributed by atoms with van der Waals surface area (Å²) in [6.07, 6.45) is 4.64. The van der Waals surface area contributed by atoms with E-state index in [4.69, 9.17) is 0 Å². The summed E-state index contributed by atoms with van der Waals surface area (Å²) in [6.45, 7) is 1.27. The van der Waals surface area contributed by atoms with Crippen molar-refractivity contribution in [1.29, 1.82) is 0 Å². The Morgan fingerprint density at radius 1 is 1.09 bits per heavy atom. The van der Waals surface area contributed by atoms with Crippen molar-refractivity contribution in [2.24, 2.45) is 0 Å². The van der Waals surface area contributed by atoms with Crippen molar-refractivity contribution >= 4 is 22.7 Å². The molecule has 0 aliphatic heterocycles. The minimum Gasteiger partial charge on any atom is -0.346 e. The minimum atomic E-state index is -0.214. The Bertz CT molecular complexity index is 1060. The second-order valence-electron chi connectivity index (χ2n) is 8.42. The number of carbonyl (C=O) groups is 2. The molecule has 4 N–H and O–H groups in total. The quantitative estimate of drug-likeness (QED) is 0.336. The second kappa shape index (κ2) is 12.0. The number of hydrogen-bond acceptors (Lipinski definition) is 4. The molecular formula is C25H34N6O2. The summed E-state index contributed by atoms with van der Waals surface area (Å²) in [6, 6.07) is 14.2. The van der Waals surface area contributed by atoms with Gasteiger partial charge in [-0.05, 0) is 50.2 Å². The van der Waals surface area contributed by atoms with Gasteiger partial charge in [0.05, 0.1) is 17.9 Å². The minimum absolute atomic E-state index is 0.000779. The molecule has 0 unspecified atom stereocenters. The number of nitrogens with one attached hydrogen (secondary N) is 4. The Balaban J connectivity index is 1.69. The topological polar surface area (TPSA) is 102 Å². The number of urea groups is 1. The first-order valence-electron chi connectivity index (χ1n) is 11.4. The van der Waals surface area contributed by atoms with Crippen molar-refractivity contribution in [2.45, 2.75) is 31.7 Å². The molecule has 0 fully saturated rings. The molecule has 0 saturated heterocycles. The number of carbonyl (C=O) groups excluding carboxylic acids is 2. The fourth-order valence-electron chi connectivity index (χ4n) is 3.65. The van der Waals surface area contributed by atoms with Crippen LogP contribution < -0.4 is 16.0 Å². The van der Waals surface area contributed by atoms with Crippen molar-refractivity contribution in [2.75, 3.05) is 34.2 Å². The molecule has 3 amide bonds. The van der Waals surface area contributed by atoms with Crippen LogP contribution in [0, 0.1) is 0 Å². The van der Waals surface area contributed by atoms with Crippen molar-refractivity contribution in [1.82, 2.24) is 30.8 Å². The van der Waals surface area contributed by atoms with Gasteiger partial charge in [-0.2, -0.15) is 0 Å². The number of aromatic nitrogens is 2. The number of unbranched alkanes of at least 4 members (excludes halogenated alkanes) is 1. The average molecular weight is 451 g/mol. The van der Waals surface area contributed by atoms with Gasteiger partial charge in [0.2, 0.25) is 5.91 Å². The van der Waals surface area contributed by atoms with E-state index in [1.54, 1.807) is 7.05 Å². The summed E-state index contributed by atoms with van der Waals surface area (Å²) < 4.78 is 0. The van der Waals surface area contributed by atoms with Crippen LogP contribution in [0.25, 0.3) is 22.0 Å².